The van der Waals surface area contributed by atoms with E-state index in [4.69, 9.17) is 15.2 Å². The smallest absolute Gasteiger partial charge is 0.189 e. The third kappa shape index (κ3) is 6.90. The van der Waals surface area contributed by atoms with Crippen LogP contribution in [-0.2, 0) is 17.8 Å². The Balaban J connectivity index is 1.70. The summed E-state index contributed by atoms with van der Waals surface area (Å²) in [6.45, 7) is 4.15. The molecule has 0 bridgehead atoms. The summed E-state index contributed by atoms with van der Waals surface area (Å²) >= 11 is 0. The molecule has 0 unspecified atom stereocenters. The molecule has 0 atom stereocenters. The molecular weight excluding hydrogens is 321 g/mol. The van der Waals surface area contributed by atoms with E-state index in [1.54, 1.807) is 0 Å². The van der Waals surface area contributed by atoms with E-state index >= 15 is 0 Å². The van der Waals surface area contributed by atoms with Gasteiger partial charge in [-0.1, -0.05) is 39.0 Å². The Hall–Kier alpha value is -1.82. The Morgan fingerprint density at radius 3 is 2.88 bits per heavy atom. The Morgan fingerprint density at radius 1 is 1.24 bits per heavy atom. The molecule has 0 fully saturated rings. The van der Waals surface area contributed by atoms with Crippen LogP contribution >= 0.6 is 0 Å². The number of rotatable bonds is 10. The number of aliphatic imine (C=N–C) groups is 1. The second-order valence-electron chi connectivity index (χ2n) is 6.38. The molecule has 1 aliphatic rings. The number of benzene rings is 1. The lowest BCUT2D eigenvalue weighted by atomic mass is 10.1. The highest BCUT2D eigenvalue weighted by atomic mass is 19.1. The Morgan fingerprint density at radius 2 is 2.04 bits per heavy atom. The van der Waals surface area contributed by atoms with Crippen LogP contribution < -0.4 is 15.8 Å². The second-order valence-corrected chi connectivity index (χ2v) is 6.38. The summed E-state index contributed by atoms with van der Waals surface area (Å²) in [5.41, 5.74) is 7.47. The van der Waals surface area contributed by atoms with Gasteiger partial charge in [0.05, 0.1) is 6.61 Å². The third-order valence-electron chi connectivity index (χ3n) is 4.25. The summed E-state index contributed by atoms with van der Waals surface area (Å²) in [4.78, 5) is 4.34. The molecule has 1 aromatic rings. The van der Waals surface area contributed by atoms with Gasteiger partial charge in [-0.3, -0.25) is 4.99 Å². The van der Waals surface area contributed by atoms with E-state index in [-0.39, 0.29) is 12.6 Å². The molecule has 3 N–H and O–H groups in total. The number of hydrogen-bond donors (Lipinski definition) is 2. The van der Waals surface area contributed by atoms with Gasteiger partial charge in [0.25, 0.3) is 0 Å². The average molecular weight is 351 g/mol. The van der Waals surface area contributed by atoms with Gasteiger partial charge in [-0.2, -0.15) is 0 Å². The number of guanidine groups is 1. The van der Waals surface area contributed by atoms with Gasteiger partial charge in [-0.25, -0.2) is 4.39 Å². The van der Waals surface area contributed by atoms with Crippen LogP contribution in [0, 0.1) is 5.82 Å². The second kappa shape index (κ2) is 10.9. The van der Waals surface area contributed by atoms with Crippen LogP contribution in [0.3, 0.4) is 0 Å². The zero-order valence-corrected chi connectivity index (χ0v) is 15.2. The van der Waals surface area contributed by atoms with Gasteiger partial charge in [-0.05, 0) is 30.5 Å². The minimum atomic E-state index is -0.271. The number of ether oxygens (including phenoxy) is 2. The standard InChI is InChI=1S/C19H30FN3O2/c1-2-3-4-5-6-7-9-22-19(21)23-10-8-15-11-17(20)12-16-13-24-14-25-18(15)16/h11-12H,2-10,13-14H2,1H3,(H3,21,22,23). The van der Waals surface area contributed by atoms with Crippen LogP contribution in [0.15, 0.2) is 17.1 Å². The average Bonchev–Trinajstić information content (AvgIpc) is 2.60. The number of halogens is 1. The van der Waals surface area contributed by atoms with E-state index < -0.39 is 0 Å². The van der Waals surface area contributed by atoms with E-state index in [1.165, 1.54) is 44.2 Å². The molecule has 0 aromatic heterocycles. The van der Waals surface area contributed by atoms with Crippen LogP contribution in [0.4, 0.5) is 4.39 Å². The first-order valence-corrected chi connectivity index (χ1v) is 9.26. The lowest BCUT2D eigenvalue weighted by Crippen LogP contribution is -2.33. The van der Waals surface area contributed by atoms with Crippen LogP contribution in [0.25, 0.3) is 0 Å². The molecule has 0 saturated carbocycles. The number of nitrogens with one attached hydrogen (secondary N) is 1. The summed E-state index contributed by atoms with van der Waals surface area (Å²) in [5, 5.41) is 3.09. The summed E-state index contributed by atoms with van der Waals surface area (Å²) in [6, 6.07) is 2.97. The third-order valence-corrected chi connectivity index (χ3v) is 4.25. The minimum absolute atomic E-state index is 0.209. The van der Waals surface area contributed by atoms with Gasteiger partial charge in [0.2, 0.25) is 0 Å². The maximum absolute atomic E-state index is 13.7. The molecule has 0 saturated heterocycles. The van der Waals surface area contributed by atoms with Crippen LogP contribution in [0.1, 0.15) is 56.6 Å². The summed E-state index contributed by atoms with van der Waals surface area (Å²) < 4.78 is 24.4. The summed E-state index contributed by atoms with van der Waals surface area (Å²) in [7, 11) is 0. The van der Waals surface area contributed by atoms with Crippen molar-refractivity contribution in [3.05, 3.63) is 29.1 Å². The first-order valence-electron chi connectivity index (χ1n) is 9.26. The van der Waals surface area contributed by atoms with Crippen molar-refractivity contribution in [3.63, 3.8) is 0 Å². The molecule has 6 heteroatoms. The predicted octanol–water partition coefficient (Wildman–Crippen LogP) is 3.50. The fourth-order valence-corrected chi connectivity index (χ4v) is 2.92. The maximum Gasteiger partial charge on any atom is 0.189 e. The van der Waals surface area contributed by atoms with Crippen molar-refractivity contribution in [2.75, 3.05) is 19.9 Å². The monoisotopic (exact) mass is 351 g/mol. The lowest BCUT2D eigenvalue weighted by Gasteiger charge is -2.21. The Bertz CT molecular complexity index is 564. The first kappa shape index (κ1) is 19.5. The molecule has 2 rings (SSSR count). The van der Waals surface area contributed by atoms with E-state index in [0.29, 0.717) is 25.5 Å². The summed E-state index contributed by atoms with van der Waals surface area (Å²) in [5.74, 6) is 0.910. The molecule has 1 aliphatic heterocycles. The van der Waals surface area contributed by atoms with Gasteiger partial charge in [0.1, 0.15) is 11.6 Å². The maximum atomic E-state index is 13.7. The van der Waals surface area contributed by atoms with Gasteiger partial charge in [0, 0.05) is 18.7 Å². The SMILES string of the molecule is CCCCCCCCN=C(N)NCCc1cc(F)cc2c1OCOC2. The molecule has 0 amide bonds. The number of nitrogens with zero attached hydrogens (tertiary/aromatic N) is 1. The molecule has 5 nitrogen and oxygen atoms in total. The van der Waals surface area contributed by atoms with Crippen molar-refractivity contribution in [1.82, 2.24) is 5.32 Å². The van der Waals surface area contributed by atoms with E-state index in [1.807, 2.05) is 0 Å². The molecule has 0 radical (unpaired) electrons. The lowest BCUT2D eigenvalue weighted by molar-refractivity contribution is -0.0172. The largest absolute Gasteiger partial charge is 0.467 e. The van der Waals surface area contributed by atoms with E-state index in [9.17, 15) is 4.39 Å². The zero-order chi connectivity index (χ0) is 17.9. The fourth-order valence-electron chi connectivity index (χ4n) is 2.92. The highest BCUT2D eigenvalue weighted by molar-refractivity contribution is 5.77. The van der Waals surface area contributed by atoms with E-state index in [2.05, 4.69) is 17.2 Å². The molecular formula is C19H30FN3O2. The predicted molar refractivity (Wildman–Crippen MR) is 98.3 cm³/mol. The Labute approximate surface area is 149 Å². The number of unbranched alkanes of at least 4 members (excludes halogenated alkanes) is 5. The summed E-state index contributed by atoms with van der Waals surface area (Å²) in [6.07, 6.45) is 8.04. The number of hydrogen-bond acceptors (Lipinski definition) is 3. The van der Waals surface area contributed by atoms with Gasteiger partial charge in [0.15, 0.2) is 12.8 Å². The quantitative estimate of drug-likeness (QED) is 0.385. The zero-order valence-electron chi connectivity index (χ0n) is 15.2. The first-order chi connectivity index (χ1) is 12.2. The molecule has 140 valence electrons. The molecule has 25 heavy (non-hydrogen) atoms. The van der Waals surface area contributed by atoms with E-state index in [0.717, 1.165) is 29.8 Å². The normalized spacial score (nSPS) is 14.1. The van der Waals surface area contributed by atoms with Gasteiger partial charge < -0.3 is 20.5 Å². The minimum Gasteiger partial charge on any atom is -0.467 e. The van der Waals surface area contributed by atoms with Crippen LogP contribution in [0.5, 0.6) is 5.75 Å². The van der Waals surface area contributed by atoms with Crippen LogP contribution in [-0.4, -0.2) is 25.8 Å². The van der Waals surface area contributed by atoms with Crippen molar-refractivity contribution >= 4 is 5.96 Å². The van der Waals surface area contributed by atoms with Crippen molar-refractivity contribution < 1.29 is 13.9 Å². The highest BCUT2D eigenvalue weighted by Gasteiger charge is 2.16. The Kier molecular flexibility index (Phi) is 8.52. The van der Waals surface area contributed by atoms with Crippen LogP contribution in [0.2, 0.25) is 0 Å². The molecule has 0 spiro atoms. The topological polar surface area (TPSA) is 68.9 Å². The van der Waals surface area contributed by atoms with Gasteiger partial charge >= 0.3 is 0 Å². The van der Waals surface area contributed by atoms with Gasteiger partial charge in [-0.15, -0.1) is 0 Å². The van der Waals surface area contributed by atoms with Crippen molar-refractivity contribution in [2.45, 2.75) is 58.5 Å². The number of fused-ring (bicyclic) bond motifs is 1. The highest BCUT2D eigenvalue weighted by Crippen LogP contribution is 2.29. The van der Waals surface area contributed by atoms with Crippen molar-refractivity contribution in [2.24, 2.45) is 10.7 Å². The molecule has 1 aromatic carbocycles. The van der Waals surface area contributed by atoms with Crippen molar-refractivity contribution in [3.8, 4) is 5.75 Å². The fraction of sp³-hybridized carbons (Fsp3) is 0.632. The number of nitrogens with two attached hydrogens (primary N) is 1. The molecule has 0 aliphatic carbocycles. The van der Waals surface area contributed by atoms with Crippen molar-refractivity contribution in [1.29, 1.82) is 0 Å². The molecule has 1 heterocycles.